The third-order valence-corrected chi connectivity index (χ3v) is 4.72. The quantitative estimate of drug-likeness (QED) is 0.807. The zero-order valence-electron chi connectivity index (χ0n) is 11.7. The number of nitrogens with one attached hydrogen (secondary N) is 2. The lowest BCUT2D eigenvalue weighted by molar-refractivity contribution is -0.123. The van der Waals surface area contributed by atoms with Crippen molar-refractivity contribution in [2.75, 3.05) is 13.1 Å². The monoisotopic (exact) mass is 252 g/mol. The highest BCUT2D eigenvalue weighted by Crippen LogP contribution is 2.26. The molecular weight excluding hydrogens is 224 g/mol. The van der Waals surface area contributed by atoms with Crippen LogP contribution in [0.2, 0.25) is 0 Å². The van der Waals surface area contributed by atoms with Gasteiger partial charge >= 0.3 is 0 Å². The van der Waals surface area contributed by atoms with E-state index in [1.54, 1.807) is 0 Å². The first-order valence-corrected chi connectivity index (χ1v) is 7.78. The van der Waals surface area contributed by atoms with E-state index in [1.807, 2.05) is 0 Å². The van der Waals surface area contributed by atoms with Gasteiger partial charge in [-0.1, -0.05) is 13.3 Å². The van der Waals surface area contributed by atoms with Gasteiger partial charge < -0.3 is 10.6 Å². The fourth-order valence-corrected chi connectivity index (χ4v) is 3.35. The van der Waals surface area contributed by atoms with Crippen molar-refractivity contribution in [2.24, 2.45) is 11.8 Å². The number of carbonyl (C=O) groups is 1. The van der Waals surface area contributed by atoms with Crippen LogP contribution in [0.15, 0.2) is 0 Å². The van der Waals surface area contributed by atoms with E-state index < -0.39 is 0 Å². The first-order valence-electron chi connectivity index (χ1n) is 7.78. The van der Waals surface area contributed by atoms with E-state index in [4.69, 9.17) is 0 Å². The molecule has 0 atom stereocenters. The maximum absolute atomic E-state index is 12.0. The Bertz CT molecular complexity index is 253. The summed E-state index contributed by atoms with van der Waals surface area (Å²) >= 11 is 0. The van der Waals surface area contributed by atoms with E-state index in [9.17, 15) is 4.79 Å². The molecule has 2 aliphatic rings. The molecule has 0 spiro atoms. The Morgan fingerprint density at radius 1 is 1.06 bits per heavy atom. The lowest BCUT2D eigenvalue weighted by atomic mass is 9.84. The normalized spacial score (nSPS) is 30.1. The van der Waals surface area contributed by atoms with Crippen LogP contribution in [0.3, 0.4) is 0 Å². The SMILES string of the molecule is CCC1CCC(NC(=O)CC2CCNCC2)CC1. The molecular formula is C15H28N2O. The predicted octanol–water partition coefficient (Wildman–Crippen LogP) is 2.46. The Labute approximate surface area is 111 Å². The third-order valence-electron chi connectivity index (χ3n) is 4.72. The molecule has 1 aliphatic carbocycles. The largest absolute Gasteiger partial charge is 0.353 e. The van der Waals surface area contributed by atoms with Crippen molar-refractivity contribution in [1.29, 1.82) is 0 Å². The smallest absolute Gasteiger partial charge is 0.220 e. The van der Waals surface area contributed by atoms with Crippen LogP contribution in [0.1, 0.15) is 58.3 Å². The Balaban J connectivity index is 1.65. The molecule has 0 bridgehead atoms. The van der Waals surface area contributed by atoms with Crippen LogP contribution in [0.4, 0.5) is 0 Å². The Hall–Kier alpha value is -0.570. The van der Waals surface area contributed by atoms with Gasteiger partial charge in [-0.2, -0.15) is 0 Å². The molecule has 2 fully saturated rings. The zero-order chi connectivity index (χ0) is 12.8. The van der Waals surface area contributed by atoms with Crippen LogP contribution in [-0.2, 0) is 4.79 Å². The molecule has 1 saturated carbocycles. The lowest BCUT2D eigenvalue weighted by Crippen LogP contribution is -2.39. The molecule has 2 N–H and O–H groups in total. The summed E-state index contributed by atoms with van der Waals surface area (Å²) in [5, 5.41) is 6.60. The van der Waals surface area contributed by atoms with Gasteiger partial charge in [0.25, 0.3) is 0 Å². The minimum absolute atomic E-state index is 0.293. The first kappa shape index (κ1) is 13.9. The number of hydrogen-bond donors (Lipinski definition) is 2. The summed E-state index contributed by atoms with van der Waals surface area (Å²) in [6.45, 7) is 4.44. The molecule has 3 heteroatoms. The summed E-state index contributed by atoms with van der Waals surface area (Å²) in [6.07, 6.45) is 9.35. The van der Waals surface area contributed by atoms with E-state index in [1.165, 1.54) is 32.1 Å². The van der Waals surface area contributed by atoms with Crippen molar-refractivity contribution in [1.82, 2.24) is 10.6 Å². The van der Waals surface area contributed by atoms with Gasteiger partial charge in [0.05, 0.1) is 0 Å². The average Bonchev–Trinajstić information content (AvgIpc) is 2.40. The van der Waals surface area contributed by atoms with Crippen LogP contribution in [0, 0.1) is 11.8 Å². The Kier molecular flexibility index (Phi) is 5.48. The molecule has 3 nitrogen and oxygen atoms in total. The van der Waals surface area contributed by atoms with Crippen LogP contribution >= 0.6 is 0 Å². The van der Waals surface area contributed by atoms with Gasteiger partial charge in [0.15, 0.2) is 0 Å². The second kappa shape index (κ2) is 7.13. The minimum atomic E-state index is 0.293. The van der Waals surface area contributed by atoms with Crippen molar-refractivity contribution in [3.05, 3.63) is 0 Å². The molecule has 104 valence electrons. The Morgan fingerprint density at radius 2 is 1.72 bits per heavy atom. The van der Waals surface area contributed by atoms with Crippen LogP contribution in [-0.4, -0.2) is 25.0 Å². The van der Waals surface area contributed by atoms with E-state index in [2.05, 4.69) is 17.6 Å². The van der Waals surface area contributed by atoms with Crippen LogP contribution < -0.4 is 10.6 Å². The van der Waals surface area contributed by atoms with Gasteiger partial charge in [-0.25, -0.2) is 0 Å². The molecule has 0 radical (unpaired) electrons. The van der Waals surface area contributed by atoms with E-state index in [0.717, 1.165) is 38.3 Å². The topological polar surface area (TPSA) is 41.1 Å². The highest BCUT2D eigenvalue weighted by Gasteiger charge is 2.23. The summed E-state index contributed by atoms with van der Waals surface area (Å²) in [5.74, 6) is 1.81. The van der Waals surface area contributed by atoms with Crippen molar-refractivity contribution in [2.45, 2.75) is 64.3 Å². The minimum Gasteiger partial charge on any atom is -0.353 e. The highest BCUT2D eigenvalue weighted by molar-refractivity contribution is 5.76. The van der Waals surface area contributed by atoms with Gasteiger partial charge in [0.2, 0.25) is 5.91 Å². The van der Waals surface area contributed by atoms with Gasteiger partial charge in [-0.3, -0.25) is 4.79 Å². The van der Waals surface area contributed by atoms with Crippen molar-refractivity contribution >= 4 is 5.91 Å². The summed E-state index contributed by atoms with van der Waals surface area (Å²) in [5.41, 5.74) is 0. The zero-order valence-corrected chi connectivity index (χ0v) is 11.7. The van der Waals surface area contributed by atoms with Gasteiger partial charge in [0.1, 0.15) is 0 Å². The van der Waals surface area contributed by atoms with Crippen LogP contribution in [0.25, 0.3) is 0 Å². The summed E-state index contributed by atoms with van der Waals surface area (Å²) in [4.78, 5) is 12.0. The van der Waals surface area contributed by atoms with Crippen molar-refractivity contribution in [3.8, 4) is 0 Å². The third kappa shape index (κ3) is 4.27. The molecule has 0 aromatic carbocycles. The number of rotatable bonds is 4. The molecule has 2 rings (SSSR count). The molecule has 0 aromatic rings. The summed E-state index contributed by atoms with van der Waals surface area (Å²) in [7, 11) is 0. The first-order chi connectivity index (χ1) is 8.78. The van der Waals surface area contributed by atoms with Crippen molar-refractivity contribution in [3.63, 3.8) is 0 Å². The molecule has 0 unspecified atom stereocenters. The predicted molar refractivity (Wildman–Crippen MR) is 74.4 cm³/mol. The highest BCUT2D eigenvalue weighted by atomic mass is 16.1. The lowest BCUT2D eigenvalue weighted by Gasteiger charge is -2.29. The average molecular weight is 252 g/mol. The molecule has 18 heavy (non-hydrogen) atoms. The summed E-state index contributed by atoms with van der Waals surface area (Å²) in [6, 6.07) is 0.460. The molecule has 1 heterocycles. The fourth-order valence-electron chi connectivity index (χ4n) is 3.35. The Morgan fingerprint density at radius 3 is 2.33 bits per heavy atom. The van der Waals surface area contributed by atoms with Gasteiger partial charge in [-0.15, -0.1) is 0 Å². The number of amides is 1. The number of hydrogen-bond acceptors (Lipinski definition) is 2. The van der Waals surface area contributed by atoms with Crippen LogP contribution in [0.5, 0.6) is 0 Å². The molecule has 0 aromatic heterocycles. The standard InChI is InChI=1S/C15H28N2O/c1-2-12-3-5-14(6-4-12)17-15(18)11-13-7-9-16-10-8-13/h12-14,16H,2-11H2,1H3,(H,17,18). The van der Waals surface area contributed by atoms with Gasteiger partial charge in [0, 0.05) is 12.5 Å². The second-order valence-corrected chi connectivity index (χ2v) is 6.09. The molecule has 1 aliphatic heterocycles. The fraction of sp³-hybridized carbons (Fsp3) is 0.933. The van der Waals surface area contributed by atoms with E-state index in [-0.39, 0.29) is 0 Å². The van der Waals surface area contributed by atoms with Gasteiger partial charge in [-0.05, 0) is 63.5 Å². The molecule has 1 amide bonds. The maximum Gasteiger partial charge on any atom is 0.220 e. The summed E-state index contributed by atoms with van der Waals surface area (Å²) < 4.78 is 0. The van der Waals surface area contributed by atoms with E-state index >= 15 is 0 Å². The number of piperidine rings is 1. The van der Waals surface area contributed by atoms with E-state index in [0.29, 0.717) is 17.9 Å². The molecule has 1 saturated heterocycles. The maximum atomic E-state index is 12.0. The number of carbonyl (C=O) groups excluding carboxylic acids is 1. The van der Waals surface area contributed by atoms with Crippen molar-refractivity contribution < 1.29 is 4.79 Å². The second-order valence-electron chi connectivity index (χ2n) is 6.09.